The van der Waals surface area contributed by atoms with Crippen LogP contribution < -0.4 is 4.90 Å². The van der Waals surface area contributed by atoms with Crippen LogP contribution in [0.25, 0.3) is 10.8 Å². The van der Waals surface area contributed by atoms with Gasteiger partial charge in [0.25, 0.3) is 0 Å². The molecule has 126 valence electrons. The lowest BCUT2D eigenvalue weighted by molar-refractivity contribution is -0.130. The molecule has 3 aromatic rings. The SMILES string of the molecule is CN(CC(=O)N1CCc2ccccc2C1)c1ccc2ccccc2c1. The Kier molecular flexibility index (Phi) is 4.14. The van der Waals surface area contributed by atoms with Gasteiger partial charge in [0, 0.05) is 25.8 Å². The first-order chi connectivity index (χ1) is 12.2. The number of carbonyl (C=O) groups excluding carboxylic acids is 1. The van der Waals surface area contributed by atoms with Crippen molar-refractivity contribution in [1.82, 2.24) is 4.90 Å². The maximum atomic E-state index is 12.7. The summed E-state index contributed by atoms with van der Waals surface area (Å²) in [6.45, 7) is 1.93. The van der Waals surface area contributed by atoms with Crippen molar-refractivity contribution < 1.29 is 4.79 Å². The summed E-state index contributed by atoms with van der Waals surface area (Å²) in [5.74, 6) is 0.185. The van der Waals surface area contributed by atoms with Crippen molar-refractivity contribution in [2.24, 2.45) is 0 Å². The first kappa shape index (κ1) is 15.7. The average molecular weight is 330 g/mol. The predicted octanol–water partition coefficient (Wildman–Crippen LogP) is 3.86. The molecule has 1 heterocycles. The lowest BCUT2D eigenvalue weighted by Gasteiger charge is -2.31. The highest BCUT2D eigenvalue weighted by molar-refractivity contribution is 5.87. The van der Waals surface area contributed by atoms with Crippen LogP contribution in [0.3, 0.4) is 0 Å². The van der Waals surface area contributed by atoms with Crippen LogP contribution in [0.2, 0.25) is 0 Å². The number of fused-ring (bicyclic) bond motifs is 2. The number of anilines is 1. The van der Waals surface area contributed by atoms with E-state index in [2.05, 4.69) is 48.5 Å². The van der Waals surface area contributed by atoms with Crippen molar-refractivity contribution in [3.63, 3.8) is 0 Å². The highest BCUT2D eigenvalue weighted by Crippen LogP contribution is 2.22. The van der Waals surface area contributed by atoms with E-state index >= 15 is 0 Å². The van der Waals surface area contributed by atoms with Crippen molar-refractivity contribution in [3.05, 3.63) is 77.9 Å². The van der Waals surface area contributed by atoms with Crippen LogP contribution >= 0.6 is 0 Å². The van der Waals surface area contributed by atoms with Gasteiger partial charge in [-0.25, -0.2) is 0 Å². The van der Waals surface area contributed by atoms with Crippen LogP contribution in [-0.2, 0) is 17.8 Å². The van der Waals surface area contributed by atoms with E-state index in [1.54, 1.807) is 0 Å². The molecule has 0 radical (unpaired) electrons. The fourth-order valence-electron chi connectivity index (χ4n) is 3.52. The number of hydrogen-bond donors (Lipinski definition) is 0. The molecule has 0 N–H and O–H groups in total. The first-order valence-corrected chi connectivity index (χ1v) is 8.75. The average Bonchev–Trinajstić information content (AvgIpc) is 2.67. The van der Waals surface area contributed by atoms with E-state index in [9.17, 15) is 4.79 Å². The lowest BCUT2D eigenvalue weighted by atomic mass is 10.00. The standard InChI is InChI=1S/C22H22N2O/c1-23(21-11-10-17-6-2-4-8-19(17)14-21)16-22(25)24-13-12-18-7-3-5-9-20(18)15-24/h2-11,14H,12-13,15-16H2,1H3. The summed E-state index contributed by atoms with van der Waals surface area (Å²) in [5, 5.41) is 2.42. The van der Waals surface area contributed by atoms with Gasteiger partial charge in [-0.2, -0.15) is 0 Å². The van der Waals surface area contributed by atoms with Crippen molar-refractivity contribution in [1.29, 1.82) is 0 Å². The molecule has 1 aliphatic rings. The maximum Gasteiger partial charge on any atom is 0.242 e. The molecule has 0 spiro atoms. The second kappa shape index (κ2) is 6.60. The zero-order valence-electron chi connectivity index (χ0n) is 14.5. The molecule has 0 bridgehead atoms. The van der Waals surface area contributed by atoms with Crippen molar-refractivity contribution in [3.8, 4) is 0 Å². The summed E-state index contributed by atoms with van der Waals surface area (Å²) in [5.41, 5.74) is 3.72. The summed E-state index contributed by atoms with van der Waals surface area (Å²) in [4.78, 5) is 16.7. The molecule has 0 aromatic heterocycles. The molecule has 3 nitrogen and oxygen atoms in total. The normalized spacial score (nSPS) is 13.6. The minimum Gasteiger partial charge on any atom is -0.365 e. The van der Waals surface area contributed by atoms with Crippen molar-refractivity contribution in [2.75, 3.05) is 25.0 Å². The summed E-state index contributed by atoms with van der Waals surface area (Å²) in [6.07, 6.45) is 0.946. The number of nitrogens with zero attached hydrogens (tertiary/aromatic N) is 2. The molecule has 0 saturated heterocycles. The first-order valence-electron chi connectivity index (χ1n) is 8.75. The summed E-state index contributed by atoms with van der Waals surface area (Å²) >= 11 is 0. The largest absolute Gasteiger partial charge is 0.365 e. The van der Waals surface area contributed by atoms with Crippen LogP contribution in [0.15, 0.2) is 66.7 Å². The Labute approximate surface area is 148 Å². The molecule has 0 saturated carbocycles. The summed E-state index contributed by atoms with van der Waals surface area (Å²) in [7, 11) is 1.99. The number of hydrogen-bond acceptors (Lipinski definition) is 2. The molecular weight excluding hydrogens is 308 g/mol. The van der Waals surface area contributed by atoms with Gasteiger partial charge in [0.2, 0.25) is 5.91 Å². The van der Waals surface area contributed by atoms with E-state index in [1.165, 1.54) is 21.9 Å². The van der Waals surface area contributed by atoms with Crippen molar-refractivity contribution in [2.45, 2.75) is 13.0 Å². The van der Waals surface area contributed by atoms with Gasteiger partial charge in [-0.05, 0) is 40.5 Å². The molecular formula is C22H22N2O. The van der Waals surface area contributed by atoms with Crippen LogP contribution in [0.5, 0.6) is 0 Å². The van der Waals surface area contributed by atoms with E-state index in [1.807, 2.05) is 35.0 Å². The van der Waals surface area contributed by atoms with Gasteiger partial charge in [-0.1, -0.05) is 54.6 Å². The Morgan fingerprint density at radius 1 is 0.960 bits per heavy atom. The third-order valence-corrected chi connectivity index (χ3v) is 5.03. The molecule has 3 heteroatoms. The smallest absolute Gasteiger partial charge is 0.242 e. The highest BCUT2D eigenvalue weighted by atomic mass is 16.2. The fourth-order valence-corrected chi connectivity index (χ4v) is 3.52. The molecule has 4 rings (SSSR count). The van der Waals surface area contributed by atoms with Gasteiger partial charge >= 0.3 is 0 Å². The monoisotopic (exact) mass is 330 g/mol. The third-order valence-electron chi connectivity index (χ3n) is 5.03. The second-order valence-electron chi connectivity index (χ2n) is 6.72. The third kappa shape index (κ3) is 3.22. The van der Waals surface area contributed by atoms with E-state index in [-0.39, 0.29) is 5.91 Å². The molecule has 3 aromatic carbocycles. The second-order valence-corrected chi connectivity index (χ2v) is 6.72. The summed E-state index contributed by atoms with van der Waals surface area (Å²) < 4.78 is 0. The van der Waals surface area contributed by atoms with E-state index in [0.29, 0.717) is 6.54 Å². The van der Waals surface area contributed by atoms with Gasteiger partial charge in [0.1, 0.15) is 0 Å². The summed E-state index contributed by atoms with van der Waals surface area (Å²) in [6, 6.07) is 23.1. The number of amides is 1. The lowest BCUT2D eigenvalue weighted by Crippen LogP contribution is -2.41. The van der Waals surface area contributed by atoms with E-state index in [0.717, 1.165) is 25.2 Å². The number of likely N-dealkylation sites (N-methyl/N-ethyl adjacent to an activating group) is 1. The number of benzene rings is 3. The van der Waals surface area contributed by atoms with Gasteiger partial charge in [-0.3, -0.25) is 4.79 Å². The van der Waals surface area contributed by atoms with Crippen LogP contribution in [-0.4, -0.2) is 30.9 Å². The van der Waals surface area contributed by atoms with Gasteiger partial charge < -0.3 is 9.80 Å². The minimum atomic E-state index is 0.185. The van der Waals surface area contributed by atoms with Crippen LogP contribution in [0.4, 0.5) is 5.69 Å². The Morgan fingerprint density at radius 3 is 2.52 bits per heavy atom. The predicted molar refractivity (Wildman–Crippen MR) is 103 cm³/mol. The molecule has 1 amide bonds. The highest BCUT2D eigenvalue weighted by Gasteiger charge is 2.21. The molecule has 0 unspecified atom stereocenters. The zero-order chi connectivity index (χ0) is 17.2. The van der Waals surface area contributed by atoms with Crippen LogP contribution in [0.1, 0.15) is 11.1 Å². The number of carbonyl (C=O) groups is 1. The molecule has 0 aliphatic carbocycles. The topological polar surface area (TPSA) is 23.6 Å². The zero-order valence-corrected chi connectivity index (χ0v) is 14.5. The van der Waals surface area contributed by atoms with Crippen LogP contribution in [0, 0.1) is 0 Å². The Hall–Kier alpha value is -2.81. The Balaban J connectivity index is 1.46. The maximum absolute atomic E-state index is 12.7. The Bertz CT molecular complexity index is 919. The fraction of sp³-hybridized carbons (Fsp3) is 0.227. The Morgan fingerprint density at radius 2 is 1.68 bits per heavy atom. The quantitative estimate of drug-likeness (QED) is 0.728. The van der Waals surface area contributed by atoms with Gasteiger partial charge in [0.05, 0.1) is 6.54 Å². The van der Waals surface area contributed by atoms with Gasteiger partial charge in [-0.15, -0.1) is 0 Å². The van der Waals surface area contributed by atoms with Gasteiger partial charge in [0.15, 0.2) is 0 Å². The molecule has 1 aliphatic heterocycles. The molecule has 0 atom stereocenters. The number of rotatable bonds is 3. The van der Waals surface area contributed by atoms with Crippen molar-refractivity contribution >= 4 is 22.4 Å². The van der Waals surface area contributed by atoms with E-state index in [4.69, 9.17) is 0 Å². The molecule has 0 fully saturated rings. The molecule has 25 heavy (non-hydrogen) atoms. The van der Waals surface area contributed by atoms with E-state index < -0.39 is 0 Å². The minimum absolute atomic E-state index is 0.185.